The summed E-state index contributed by atoms with van der Waals surface area (Å²) in [5.41, 5.74) is 5.53. The Morgan fingerprint density at radius 2 is 2.11 bits per heavy atom. The van der Waals surface area contributed by atoms with Gasteiger partial charge >= 0.3 is 5.97 Å². The van der Waals surface area contributed by atoms with E-state index < -0.39 is 17.7 Å². The average molecular weight is 518 g/mol. The van der Waals surface area contributed by atoms with Crippen LogP contribution >= 0.6 is 11.3 Å². The second kappa shape index (κ2) is 8.96. The molecule has 2 aromatic carbocycles. The van der Waals surface area contributed by atoms with Crippen molar-refractivity contribution >= 4 is 43.6 Å². The van der Waals surface area contributed by atoms with Crippen molar-refractivity contribution in [1.29, 1.82) is 0 Å². The van der Waals surface area contributed by atoms with Crippen LogP contribution in [0.5, 0.6) is 5.75 Å². The molecule has 7 nitrogen and oxygen atoms in total. The number of hydrogen-bond donors (Lipinski definition) is 1. The molecule has 4 aromatic rings. The van der Waals surface area contributed by atoms with E-state index in [0.29, 0.717) is 18.6 Å². The SMILES string of the molecule is CCC(C)(C)O[C@H](C(=O)O)c1c(C)cc2nc(N3CCC3)sc2c1-c1ccc2c3c(ccnc13)CCO2. The van der Waals surface area contributed by atoms with E-state index in [0.717, 1.165) is 74.6 Å². The summed E-state index contributed by atoms with van der Waals surface area (Å²) in [6.07, 6.45) is 3.37. The number of rotatable bonds is 7. The Balaban J connectivity index is 1.68. The Kier molecular flexibility index (Phi) is 5.84. The number of aromatic nitrogens is 2. The molecule has 0 radical (unpaired) electrons. The van der Waals surface area contributed by atoms with Gasteiger partial charge < -0.3 is 19.5 Å². The lowest BCUT2D eigenvalue weighted by molar-refractivity contribution is -0.162. The standard InChI is InChI=1S/C29H31N3O4S/c1-5-29(3,4)36-25(27(33)34)21-16(2)15-19-26(37-28(31-19)32-12-6-13-32)23(21)18-7-8-20-22-17(10-14-35-20)9-11-30-24(18)22/h7-9,11,15,25H,5-6,10,12-14H2,1-4H3,(H,33,34)/t25-/m0/s1. The van der Waals surface area contributed by atoms with E-state index in [4.69, 9.17) is 19.4 Å². The molecular weight excluding hydrogens is 486 g/mol. The molecule has 1 atom stereocenters. The summed E-state index contributed by atoms with van der Waals surface area (Å²) >= 11 is 1.62. The number of aliphatic carboxylic acids is 1. The Morgan fingerprint density at radius 3 is 2.81 bits per heavy atom. The van der Waals surface area contributed by atoms with Crippen molar-refractivity contribution in [3.8, 4) is 16.9 Å². The molecule has 192 valence electrons. The smallest absolute Gasteiger partial charge is 0.337 e. The molecule has 0 aliphatic carbocycles. The molecule has 0 saturated carbocycles. The Labute approximate surface area is 220 Å². The number of carbonyl (C=O) groups is 1. The second-order valence-electron chi connectivity index (χ2n) is 10.5. The van der Waals surface area contributed by atoms with Crippen LogP contribution in [-0.2, 0) is 16.0 Å². The molecule has 0 unspecified atom stereocenters. The number of nitrogens with zero attached hydrogens (tertiary/aromatic N) is 3. The van der Waals surface area contributed by atoms with Gasteiger partial charge in [0.15, 0.2) is 11.2 Å². The molecule has 0 bridgehead atoms. The van der Waals surface area contributed by atoms with Crippen molar-refractivity contribution < 1.29 is 19.4 Å². The number of hydrogen-bond acceptors (Lipinski definition) is 7. The van der Waals surface area contributed by atoms with Crippen LogP contribution < -0.4 is 9.64 Å². The third-order valence-corrected chi connectivity index (χ3v) is 8.81. The largest absolute Gasteiger partial charge is 0.493 e. The molecular formula is C29H31N3O4S. The first-order valence-electron chi connectivity index (χ1n) is 12.9. The van der Waals surface area contributed by atoms with Gasteiger partial charge in [0.05, 0.1) is 27.9 Å². The minimum absolute atomic E-state index is 0.607. The van der Waals surface area contributed by atoms with E-state index in [-0.39, 0.29) is 0 Å². The molecule has 37 heavy (non-hydrogen) atoms. The molecule has 2 aromatic heterocycles. The lowest BCUT2D eigenvalue weighted by atomic mass is 9.89. The van der Waals surface area contributed by atoms with Crippen molar-refractivity contribution in [2.24, 2.45) is 0 Å². The molecule has 1 saturated heterocycles. The average Bonchev–Trinajstić information content (AvgIpc) is 3.24. The molecule has 1 N–H and O–H groups in total. The van der Waals surface area contributed by atoms with Gasteiger partial charge in [0.25, 0.3) is 0 Å². The van der Waals surface area contributed by atoms with Crippen LogP contribution in [0.3, 0.4) is 0 Å². The first-order valence-corrected chi connectivity index (χ1v) is 13.7. The van der Waals surface area contributed by atoms with Crippen LogP contribution in [0.25, 0.3) is 32.2 Å². The highest BCUT2D eigenvalue weighted by Gasteiger charge is 2.34. The molecule has 2 aliphatic rings. The van der Waals surface area contributed by atoms with Gasteiger partial charge in [-0.1, -0.05) is 18.3 Å². The van der Waals surface area contributed by atoms with Crippen LogP contribution in [0.4, 0.5) is 5.13 Å². The summed E-state index contributed by atoms with van der Waals surface area (Å²) < 4.78 is 13.3. The summed E-state index contributed by atoms with van der Waals surface area (Å²) in [5.74, 6) is -0.181. The van der Waals surface area contributed by atoms with Gasteiger partial charge in [-0.2, -0.15) is 0 Å². The Morgan fingerprint density at radius 1 is 1.30 bits per heavy atom. The minimum Gasteiger partial charge on any atom is -0.493 e. The zero-order valence-corrected chi connectivity index (χ0v) is 22.4. The molecule has 8 heteroatoms. The summed E-state index contributed by atoms with van der Waals surface area (Å²) in [6, 6.07) is 8.06. The van der Waals surface area contributed by atoms with E-state index in [1.807, 2.05) is 58.2 Å². The number of ether oxygens (including phenoxy) is 2. The highest BCUT2D eigenvalue weighted by molar-refractivity contribution is 7.22. The van der Waals surface area contributed by atoms with Crippen molar-refractivity contribution in [1.82, 2.24) is 9.97 Å². The van der Waals surface area contributed by atoms with Gasteiger partial charge in [0.1, 0.15) is 5.75 Å². The third-order valence-electron chi connectivity index (χ3n) is 7.66. The molecule has 1 fully saturated rings. The monoisotopic (exact) mass is 517 g/mol. The van der Waals surface area contributed by atoms with Crippen LogP contribution in [0, 0.1) is 6.92 Å². The topological polar surface area (TPSA) is 84.8 Å². The van der Waals surface area contributed by atoms with Crippen molar-refractivity contribution in [3.63, 3.8) is 0 Å². The Hall–Kier alpha value is -3.23. The predicted molar refractivity (Wildman–Crippen MR) is 147 cm³/mol. The van der Waals surface area contributed by atoms with E-state index in [1.165, 1.54) is 5.56 Å². The fourth-order valence-corrected chi connectivity index (χ4v) is 6.36. The van der Waals surface area contributed by atoms with Crippen LogP contribution in [-0.4, -0.2) is 46.3 Å². The maximum Gasteiger partial charge on any atom is 0.337 e. The first-order chi connectivity index (χ1) is 17.8. The number of carboxylic acid groups (broad SMARTS) is 1. The third kappa shape index (κ3) is 4.03. The number of benzene rings is 2. The molecule has 0 spiro atoms. The second-order valence-corrected chi connectivity index (χ2v) is 11.5. The fraction of sp³-hybridized carbons (Fsp3) is 0.414. The summed E-state index contributed by atoms with van der Waals surface area (Å²) in [7, 11) is 0. The van der Waals surface area contributed by atoms with Crippen LogP contribution in [0.2, 0.25) is 0 Å². The van der Waals surface area contributed by atoms with Gasteiger partial charge in [-0.3, -0.25) is 4.98 Å². The molecule has 2 aliphatic heterocycles. The normalized spacial score (nSPS) is 16.1. The van der Waals surface area contributed by atoms with E-state index in [2.05, 4.69) is 4.90 Å². The lowest BCUT2D eigenvalue weighted by Gasteiger charge is -2.30. The number of fused-ring (bicyclic) bond motifs is 1. The lowest BCUT2D eigenvalue weighted by Crippen LogP contribution is -2.36. The minimum atomic E-state index is -1.13. The summed E-state index contributed by atoms with van der Waals surface area (Å²) in [4.78, 5) is 24.8. The predicted octanol–water partition coefficient (Wildman–Crippen LogP) is 6.30. The van der Waals surface area contributed by atoms with Crippen molar-refractivity contribution in [2.75, 3.05) is 24.6 Å². The number of thiazole rings is 1. The van der Waals surface area contributed by atoms with Gasteiger partial charge in [-0.05, 0) is 69.0 Å². The zero-order valence-electron chi connectivity index (χ0n) is 21.6. The number of aryl methyl sites for hydroxylation is 1. The van der Waals surface area contributed by atoms with Gasteiger partial charge in [0.2, 0.25) is 0 Å². The van der Waals surface area contributed by atoms with Crippen molar-refractivity contribution in [3.05, 3.63) is 47.2 Å². The summed E-state index contributed by atoms with van der Waals surface area (Å²) in [6.45, 7) is 10.5. The van der Waals surface area contributed by atoms with Gasteiger partial charge in [0, 0.05) is 47.8 Å². The quantitative estimate of drug-likeness (QED) is 0.308. The summed E-state index contributed by atoms with van der Waals surface area (Å²) in [5, 5.41) is 12.4. The number of pyridine rings is 1. The maximum absolute atomic E-state index is 12.8. The molecule has 6 rings (SSSR count). The van der Waals surface area contributed by atoms with E-state index in [1.54, 1.807) is 11.3 Å². The van der Waals surface area contributed by atoms with E-state index >= 15 is 0 Å². The van der Waals surface area contributed by atoms with Crippen molar-refractivity contribution in [2.45, 2.75) is 58.7 Å². The zero-order chi connectivity index (χ0) is 25.9. The molecule has 0 amide bonds. The van der Waals surface area contributed by atoms with Crippen LogP contribution in [0.15, 0.2) is 30.5 Å². The van der Waals surface area contributed by atoms with Gasteiger partial charge in [-0.25, -0.2) is 9.78 Å². The highest BCUT2D eigenvalue weighted by atomic mass is 32.1. The van der Waals surface area contributed by atoms with E-state index in [9.17, 15) is 9.90 Å². The Bertz CT molecular complexity index is 1530. The molecule has 4 heterocycles. The number of anilines is 1. The van der Waals surface area contributed by atoms with Crippen LogP contribution in [0.1, 0.15) is 56.4 Å². The number of carboxylic acids is 1. The maximum atomic E-state index is 12.8. The first kappa shape index (κ1) is 24.1. The van der Waals surface area contributed by atoms with Gasteiger partial charge in [-0.15, -0.1) is 0 Å². The fourth-order valence-electron chi connectivity index (χ4n) is 5.19. The highest BCUT2D eigenvalue weighted by Crippen LogP contribution is 2.47.